The highest BCUT2D eigenvalue weighted by Gasteiger charge is 2.11. The molecule has 23 heavy (non-hydrogen) atoms. The fourth-order valence-electron chi connectivity index (χ4n) is 1.88. The van der Waals surface area contributed by atoms with E-state index in [1.54, 1.807) is 18.5 Å². The predicted molar refractivity (Wildman–Crippen MR) is 82.6 cm³/mol. The second kappa shape index (κ2) is 6.33. The van der Waals surface area contributed by atoms with Gasteiger partial charge in [-0.15, -0.1) is 0 Å². The molecule has 4 nitrogen and oxygen atoms in total. The van der Waals surface area contributed by atoms with E-state index in [-0.39, 0.29) is 5.69 Å². The lowest BCUT2D eigenvalue weighted by molar-refractivity contribution is 0.448. The number of rotatable bonds is 3. The molecule has 0 unspecified atom stereocenters. The van der Waals surface area contributed by atoms with Gasteiger partial charge >= 0.3 is 0 Å². The van der Waals surface area contributed by atoms with Gasteiger partial charge in [-0.1, -0.05) is 0 Å². The number of anilines is 2. The lowest BCUT2D eigenvalue weighted by Gasteiger charge is -2.08. The summed E-state index contributed by atoms with van der Waals surface area (Å²) < 4.78 is 40.2. The molecule has 3 rings (SSSR count). The van der Waals surface area contributed by atoms with Crippen molar-refractivity contribution in [3.8, 4) is 11.4 Å². The van der Waals surface area contributed by atoms with Gasteiger partial charge in [0.15, 0.2) is 23.3 Å². The highest BCUT2D eigenvalue weighted by atomic mass is 79.9. The zero-order valence-electron chi connectivity index (χ0n) is 11.4. The van der Waals surface area contributed by atoms with Crippen LogP contribution in [0.15, 0.2) is 47.3 Å². The minimum atomic E-state index is -1.51. The molecule has 1 N–H and O–H groups in total. The summed E-state index contributed by atoms with van der Waals surface area (Å²) in [7, 11) is 0. The molecule has 0 amide bonds. The Bertz CT molecular complexity index is 850. The molecule has 116 valence electrons. The monoisotopic (exact) mass is 380 g/mol. The van der Waals surface area contributed by atoms with Gasteiger partial charge in [-0.3, -0.25) is 4.98 Å². The maximum absolute atomic E-state index is 13.2. The van der Waals surface area contributed by atoms with Crippen LogP contribution in [0.3, 0.4) is 0 Å². The molecule has 0 bridgehead atoms. The van der Waals surface area contributed by atoms with Crippen LogP contribution < -0.4 is 5.32 Å². The molecule has 2 heterocycles. The van der Waals surface area contributed by atoms with Gasteiger partial charge in [0.05, 0.1) is 0 Å². The van der Waals surface area contributed by atoms with Crippen molar-refractivity contribution in [3.05, 3.63) is 64.8 Å². The Morgan fingerprint density at radius 2 is 1.74 bits per heavy atom. The molecule has 0 atom stereocenters. The summed E-state index contributed by atoms with van der Waals surface area (Å²) in [5.41, 5.74) is 0.706. The molecule has 1 aromatic carbocycles. The topological polar surface area (TPSA) is 50.7 Å². The molecule has 0 fully saturated rings. The van der Waals surface area contributed by atoms with E-state index in [4.69, 9.17) is 0 Å². The third kappa shape index (κ3) is 3.48. The maximum atomic E-state index is 13.2. The first-order valence-electron chi connectivity index (χ1n) is 6.38. The fourth-order valence-corrected chi connectivity index (χ4v) is 2.24. The van der Waals surface area contributed by atoms with Crippen molar-refractivity contribution in [3.63, 3.8) is 0 Å². The van der Waals surface area contributed by atoms with Gasteiger partial charge in [0, 0.05) is 46.4 Å². The molecule has 0 spiro atoms. The van der Waals surface area contributed by atoms with E-state index in [9.17, 15) is 13.2 Å². The van der Waals surface area contributed by atoms with Crippen molar-refractivity contribution < 1.29 is 13.2 Å². The minimum absolute atomic E-state index is 0.0402. The largest absolute Gasteiger partial charge is 0.340 e. The number of halogens is 4. The number of hydrogen-bond donors (Lipinski definition) is 1. The Balaban J connectivity index is 1.92. The molecule has 0 saturated heterocycles. The number of pyridine rings is 1. The summed E-state index contributed by atoms with van der Waals surface area (Å²) in [4.78, 5) is 12.4. The van der Waals surface area contributed by atoms with Gasteiger partial charge < -0.3 is 5.32 Å². The van der Waals surface area contributed by atoms with Crippen molar-refractivity contribution in [2.24, 2.45) is 0 Å². The zero-order chi connectivity index (χ0) is 16.4. The zero-order valence-corrected chi connectivity index (χ0v) is 13.0. The number of nitrogens with one attached hydrogen (secondary N) is 1. The molecular weight excluding hydrogens is 373 g/mol. The van der Waals surface area contributed by atoms with Gasteiger partial charge in [-0.2, -0.15) is 0 Å². The van der Waals surface area contributed by atoms with Crippen LogP contribution in [0, 0.1) is 17.5 Å². The molecular formula is C15H8BrF3N4. The number of nitrogens with zero attached hydrogens (tertiary/aromatic N) is 3. The van der Waals surface area contributed by atoms with Crippen LogP contribution in [0.5, 0.6) is 0 Å². The summed E-state index contributed by atoms with van der Waals surface area (Å²) in [5.74, 6) is -3.39. The predicted octanol–water partition coefficient (Wildman–Crippen LogP) is 4.46. The van der Waals surface area contributed by atoms with Gasteiger partial charge in [0.25, 0.3) is 0 Å². The van der Waals surface area contributed by atoms with Gasteiger partial charge in [-0.05, 0) is 28.1 Å². The van der Waals surface area contributed by atoms with Crippen molar-refractivity contribution in [1.82, 2.24) is 15.0 Å². The molecule has 0 saturated carbocycles. The van der Waals surface area contributed by atoms with Crippen LogP contribution in [0.4, 0.5) is 24.7 Å². The lowest BCUT2D eigenvalue weighted by atomic mass is 10.2. The smallest absolute Gasteiger partial charge is 0.194 e. The van der Waals surface area contributed by atoms with Crippen LogP contribution in [0.2, 0.25) is 0 Å². The number of aromatic nitrogens is 3. The molecule has 8 heteroatoms. The standard InChI is InChI=1S/C15H8BrF3N4/c16-9-3-8(6-20-7-9)15-21-2-1-13(23-15)22-10-4-11(17)14(19)12(18)5-10/h1-7H,(H,21,22,23). The molecule has 0 aliphatic rings. The molecule has 2 aromatic heterocycles. The van der Waals surface area contributed by atoms with Crippen molar-refractivity contribution in [1.29, 1.82) is 0 Å². The third-order valence-electron chi connectivity index (χ3n) is 2.87. The Morgan fingerprint density at radius 3 is 2.43 bits per heavy atom. The van der Waals surface area contributed by atoms with Gasteiger partial charge in [0.1, 0.15) is 5.82 Å². The average Bonchev–Trinajstić information content (AvgIpc) is 2.53. The summed E-state index contributed by atoms with van der Waals surface area (Å²) in [6.45, 7) is 0. The SMILES string of the molecule is Fc1cc(Nc2ccnc(-c3cncc(Br)c3)n2)cc(F)c1F. The Kier molecular flexibility index (Phi) is 4.24. The quantitative estimate of drug-likeness (QED) is 0.681. The van der Waals surface area contributed by atoms with Gasteiger partial charge in [0.2, 0.25) is 0 Å². The minimum Gasteiger partial charge on any atom is -0.340 e. The average molecular weight is 381 g/mol. The molecule has 0 radical (unpaired) electrons. The maximum Gasteiger partial charge on any atom is 0.194 e. The highest BCUT2D eigenvalue weighted by Crippen LogP contribution is 2.23. The van der Waals surface area contributed by atoms with Crippen LogP contribution in [0.25, 0.3) is 11.4 Å². The van der Waals surface area contributed by atoms with Crippen LogP contribution >= 0.6 is 15.9 Å². The normalized spacial score (nSPS) is 10.6. The molecule has 3 aromatic rings. The van der Waals surface area contributed by atoms with Crippen molar-refractivity contribution in [2.45, 2.75) is 0 Å². The third-order valence-corrected chi connectivity index (χ3v) is 3.31. The fraction of sp³-hybridized carbons (Fsp3) is 0. The van der Waals surface area contributed by atoms with Crippen LogP contribution in [-0.2, 0) is 0 Å². The summed E-state index contributed by atoms with van der Waals surface area (Å²) in [6.07, 6.45) is 4.69. The summed E-state index contributed by atoms with van der Waals surface area (Å²) in [6, 6.07) is 5.00. The lowest BCUT2D eigenvalue weighted by Crippen LogP contribution is -1.99. The van der Waals surface area contributed by atoms with Crippen molar-refractivity contribution in [2.75, 3.05) is 5.32 Å². The Labute approximate surface area is 137 Å². The van der Waals surface area contributed by atoms with Gasteiger partial charge in [-0.25, -0.2) is 23.1 Å². The van der Waals surface area contributed by atoms with E-state index in [0.717, 1.165) is 16.6 Å². The van der Waals surface area contributed by atoms with E-state index in [2.05, 4.69) is 36.2 Å². The van der Waals surface area contributed by atoms with Crippen LogP contribution in [-0.4, -0.2) is 15.0 Å². The first kappa shape index (κ1) is 15.4. The highest BCUT2D eigenvalue weighted by molar-refractivity contribution is 9.10. The Morgan fingerprint density at radius 1 is 1.00 bits per heavy atom. The first-order valence-corrected chi connectivity index (χ1v) is 7.18. The van der Waals surface area contributed by atoms with Crippen LogP contribution in [0.1, 0.15) is 0 Å². The first-order chi connectivity index (χ1) is 11.0. The van der Waals surface area contributed by atoms with E-state index in [1.165, 1.54) is 12.3 Å². The molecule has 0 aliphatic heterocycles. The number of hydrogen-bond acceptors (Lipinski definition) is 4. The second-order valence-corrected chi connectivity index (χ2v) is 5.45. The van der Waals surface area contributed by atoms with E-state index < -0.39 is 17.5 Å². The Hall–Kier alpha value is -2.48. The summed E-state index contributed by atoms with van der Waals surface area (Å²) in [5, 5.41) is 2.71. The van der Waals surface area contributed by atoms with E-state index in [0.29, 0.717) is 17.2 Å². The molecule has 0 aliphatic carbocycles. The second-order valence-electron chi connectivity index (χ2n) is 4.54. The van der Waals surface area contributed by atoms with E-state index in [1.807, 2.05) is 0 Å². The number of benzene rings is 1. The summed E-state index contributed by atoms with van der Waals surface area (Å²) >= 11 is 3.30. The van der Waals surface area contributed by atoms with Crippen molar-refractivity contribution >= 4 is 27.4 Å². The van der Waals surface area contributed by atoms with E-state index >= 15 is 0 Å².